The molecular weight excluding hydrogens is 184 g/mol. The van der Waals surface area contributed by atoms with Gasteiger partial charge >= 0.3 is 0 Å². The highest BCUT2D eigenvalue weighted by Crippen LogP contribution is 2.21. The molecule has 1 fully saturated rings. The van der Waals surface area contributed by atoms with Crippen molar-refractivity contribution in [1.82, 2.24) is 0 Å². The number of ether oxygens (including phenoxy) is 3. The monoisotopic (exact) mass is 202 g/mol. The molecule has 0 bridgehead atoms. The fourth-order valence-electron chi connectivity index (χ4n) is 1.40. The predicted molar refractivity (Wildman–Crippen MR) is 51.3 cm³/mol. The Hall–Kier alpha value is -0.450. The lowest BCUT2D eigenvalue weighted by Gasteiger charge is -2.33. The van der Waals surface area contributed by atoms with E-state index in [4.69, 9.17) is 14.2 Å². The van der Waals surface area contributed by atoms with E-state index in [1.165, 1.54) is 7.11 Å². The summed E-state index contributed by atoms with van der Waals surface area (Å²) in [5.74, 6) is 0.131. The minimum atomic E-state index is -0.346. The zero-order valence-electron chi connectivity index (χ0n) is 8.82. The zero-order valence-corrected chi connectivity index (χ0v) is 8.82. The predicted octanol–water partition coefficient (Wildman–Crippen LogP) is 0.786. The summed E-state index contributed by atoms with van der Waals surface area (Å²) in [6.07, 6.45) is 1.09. The van der Waals surface area contributed by atoms with Gasteiger partial charge in [-0.25, -0.2) is 0 Å². The Labute approximate surface area is 84.5 Å². The molecule has 4 nitrogen and oxygen atoms in total. The molecule has 1 aliphatic carbocycles. The van der Waals surface area contributed by atoms with E-state index >= 15 is 0 Å². The van der Waals surface area contributed by atoms with Gasteiger partial charge in [0.05, 0.1) is 19.3 Å². The number of carbonyl (C=O) groups excluding carboxylic acids is 1. The molecule has 2 atom stereocenters. The van der Waals surface area contributed by atoms with Crippen LogP contribution in [0.25, 0.3) is 0 Å². The van der Waals surface area contributed by atoms with Gasteiger partial charge in [-0.3, -0.25) is 4.79 Å². The van der Waals surface area contributed by atoms with E-state index in [0.717, 1.165) is 13.0 Å². The standard InChI is InChI=1S/C10H18O4/c1-3-4-13-5-6-14-9-7-8(11)10(9)12-2/h9-10H,3-7H2,1-2H3. The third-order valence-corrected chi connectivity index (χ3v) is 2.22. The number of methoxy groups -OCH3 is 1. The van der Waals surface area contributed by atoms with E-state index < -0.39 is 0 Å². The van der Waals surface area contributed by atoms with E-state index in [-0.39, 0.29) is 18.0 Å². The van der Waals surface area contributed by atoms with Gasteiger partial charge in [-0.05, 0) is 6.42 Å². The Kier molecular flexibility index (Phi) is 5.07. The fourth-order valence-corrected chi connectivity index (χ4v) is 1.40. The summed E-state index contributed by atoms with van der Waals surface area (Å²) in [5, 5.41) is 0. The number of rotatable bonds is 7. The van der Waals surface area contributed by atoms with Crippen LogP contribution in [0.1, 0.15) is 19.8 Å². The van der Waals surface area contributed by atoms with E-state index in [9.17, 15) is 4.79 Å². The molecule has 0 aromatic heterocycles. The van der Waals surface area contributed by atoms with E-state index in [2.05, 4.69) is 6.92 Å². The van der Waals surface area contributed by atoms with Crippen LogP contribution in [0.3, 0.4) is 0 Å². The molecule has 0 heterocycles. The first-order valence-electron chi connectivity index (χ1n) is 5.04. The summed E-state index contributed by atoms with van der Waals surface area (Å²) in [6.45, 7) is 3.96. The van der Waals surface area contributed by atoms with Crippen LogP contribution in [0.4, 0.5) is 0 Å². The quantitative estimate of drug-likeness (QED) is 0.572. The lowest BCUT2D eigenvalue weighted by atomic mass is 9.90. The number of ketones is 1. The van der Waals surface area contributed by atoms with Gasteiger partial charge < -0.3 is 14.2 Å². The molecule has 1 saturated carbocycles. The average molecular weight is 202 g/mol. The van der Waals surface area contributed by atoms with Gasteiger partial charge in [0.2, 0.25) is 0 Å². The molecule has 1 aliphatic rings. The first-order valence-corrected chi connectivity index (χ1v) is 5.04. The van der Waals surface area contributed by atoms with Crippen LogP contribution in [-0.4, -0.2) is 44.9 Å². The molecule has 0 aromatic rings. The van der Waals surface area contributed by atoms with Crippen molar-refractivity contribution in [3.63, 3.8) is 0 Å². The van der Waals surface area contributed by atoms with Crippen LogP contribution in [0, 0.1) is 0 Å². The third kappa shape index (κ3) is 3.04. The van der Waals surface area contributed by atoms with Crippen LogP contribution in [-0.2, 0) is 19.0 Å². The molecule has 14 heavy (non-hydrogen) atoms. The average Bonchev–Trinajstić information content (AvgIpc) is 2.16. The highest BCUT2D eigenvalue weighted by Gasteiger charge is 2.40. The van der Waals surface area contributed by atoms with Crippen molar-refractivity contribution in [3.05, 3.63) is 0 Å². The second kappa shape index (κ2) is 6.11. The summed E-state index contributed by atoms with van der Waals surface area (Å²) < 4.78 is 15.6. The van der Waals surface area contributed by atoms with Gasteiger partial charge in [-0.15, -0.1) is 0 Å². The molecule has 0 radical (unpaired) electrons. The highest BCUT2D eigenvalue weighted by molar-refractivity contribution is 5.90. The van der Waals surface area contributed by atoms with Crippen molar-refractivity contribution < 1.29 is 19.0 Å². The van der Waals surface area contributed by atoms with Gasteiger partial charge in [0.15, 0.2) is 5.78 Å². The van der Waals surface area contributed by atoms with Gasteiger partial charge in [-0.2, -0.15) is 0 Å². The zero-order chi connectivity index (χ0) is 10.4. The first kappa shape index (κ1) is 11.6. The smallest absolute Gasteiger partial charge is 0.166 e. The maximum Gasteiger partial charge on any atom is 0.166 e. The molecule has 2 unspecified atom stereocenters. The van der Waals surface area contributed by atoms with Crippen molar-refractivity contribution in [2.75, 3.05) is 26.9 Å². The molecule has 0 spiro atoms. The van der Waals surface area contributed by atoms with E-state index in [0.29, 0.717) is 19.6 Å². The Balaban J connectivity index is 2.00. The molecule has 82 valence electrons. The van der Waals surface area contributed by atoms with E-state index in [1.54, 1.807) is 0 Å². The molecule has 0 saturated heterocycles. The lowest BCUT2D eigenvalue weighted by molar-refractivity contribution is -0.163. The van der Waals surface area contributed by atoms with Gasteiger partial charge in [0, 0.05) is 20.1 Å². The summed E-state index contributed by atoms with van der Waals surface area (Å²) in [7, 11) is 1.53. The van der Waals surface area contributed by atoms with Crippen molar-refractivity contribution in [2.24, 2.45) is 0 Å². The lowest BCUT2D eigenvalue weighted by Crippen LogP contribution is -2.50. The maximum atomic E-state index is 11.0. The molecular formula is C10H18O4. The maximum absolute atomic E-state index is 11.0. The number of Topliss-reactive ketones (excluding diaryl/α,β-unsaturated/α-hetero) is 1. The Bertz CT molecular complexity index is 181. The largest absolute Gasteiger partial charge is 0.379 e. The normalized spacial score (nSPS) is 26.3. The van der Waals surface area contributed by atoms with Crippen LogP contribution in [0.5, 0.6) is 0 Å². The fraction of sp³-hybridized carbons (Fsp3) is 0.900. The molecule has 0 N–H and O–H groups in total. The first-order chi connectivity index (χ1) is 6.79. The Morgan fingerprint density at radius 3 is 2.71 bits per heavy atom. The molecule has 0 aliphatic heterocycles. The molecule has 0 amide bonds. The van der Waals surface area contributed by atoms with Crippen LogP contribution in [0.2, 0.25) is 0 Å². The van der Waals surface area contributed by atoms with Gasteiger partial charge in [0.1, 0.15) is 6.10 Å². The summed E-state index contributed by atoms with van der Waals surface area (Å²) >= 11 is 0. The molecule has 0 aromatic carbocycles. The van der Waals surface area contributed by atoms with Crippen molar-refractivity contribution in [2.45, 2.75) is 32.0 Å². The number of hydrogen-bond donors (Lipinski definition) is 0. The molecule has 1 rings (SSSR count). The van der Waals surface area contributed by atoms with Crippen molar-refractivity contribution in [1.29, 1.82) is 0 Å². The van der Waals surface area contributed by atoms with Crippen molar-refractivity contribution in [3.8, 4) is 0 Å². The minimum Gasteiger partial charge on any atom is -0.379 e. The Morgan fingerprint density at radius 2 is 2.14 bits per heavy atom. The van der Waals surface area contributed by atoms with Gasteiger partial charge in [0.25, 0.3) is 0 Å². The molecule has 4 heteroatoms. The summed E-state index contributed by atoms with van der Waals surface area (Å²) in [4.78, 5) is 11.0. The summed E-state index contributed by atoms with van der Waals surface area (Å²) in [5.41, 5.74) is 0. The summed E-state index contributed by atoms with van der Waals surface area (Å²) in [6, 6.07) is 0. The highest BCUT2D eigenvalue weighted by atomic mass is 16.6. The van der Waals surface area contributed by atoms with E-state index in [1.807, 2.05) is 0 Å². The Morgan fingerprint density at radius 1 is 1.36 bits per heavy atom. The second-order valence-electron chi connectivity index (χ2n) is 3.35. The van der Waals surface area contributed by atoms with Crippen molar-refractivity contribution >= 4 is 5.78 Å². The number of carbonyl (C=O) groups is 1. The minimum absolute atomic E-state index is 0.0577. The van der Waals surface area contributed by atoms with Gasteiger partial charge in [-0.1, -0.05) is 6.92 Å². The SMILES string of the molecule is CCCOCCOC1CC(=O)C1OC. The second-order valence-corrected chi connectivity index (χ2v) is 3.35. The van der Waals surface area contributed by atoms with Crippen LogP contribution >= 0.6 is 0 Å². The van der Waals surface area contributed by atoms with Crippen LogP contribution in [0.15, 0.2) is 0 Å². The van der Waals surface area contributed by atoms with Crippen LogP contribution < -0.4 is 0 Å². The number of hydrogen-bond acceptors (Lipinski definition) is 4. The third-order valence-electron chi connectivity index (χ3n) is 2.22. The topological polar surface area (TPSA) is 44.8 Å².